The Labute approximate surface area is 172 Å². The van der Waals surface area contributed by atoms with Crippen LogP contribution in [-0.4, -0.2) is 15.0 Å². The molecule has 0 saturated carbocycles. The van der Waals surface area contributed by atoms with Crippen LogP contribution in [0.1, 0.15) is 0 Å². The minimum Gasteiger partial charge on any atom is -0.340 e. The lowest BCUT2D eigenvalue weighted by Gasteiger charge is -2.17. The van der Waals surface area contributed by atoms with Crippen molar-refractivity contribution in [3.63, 3.8) is 0 Å². The van der Waals surface area contributed by atoms with E-state index in [2.05, 4.69) is 32.7 Å². The average Bonchev–Trinajstić information content (AvgIpc) is 2.80. The van der Waals surface area contributed by atoms with Gasteiger partial charge in [-0.1, -0.05) is 36.4 Å². The molecule has 2 N–H and O–H groups in total. The van der Waals surface area contributed by atoms with Gasteiger partial charge in [0.1, 0.15) is 18.0 Å². The van der Waals surface area contributed by atoms with Gasteiger partial charge in [0.25, 0.3) is 0 Å². The lowest BCUT2D eigenvalue weighted by atomic mass is 9.99. The second kappa shape index (κ2) is 6.67. The van der Waals surface area contributed by atoms with Crippen molar-refractivity contribution in [3.05, 3.63) is 91.3 Å². The molecule has 2 aromatic heterocycles. The largest absolute Gasteiger partial charge is 0.340 e. The SMILES string of the molecule is c1ccc(Nc2nc(Nc3ccccc3)c3ccc4ncnc5ccc2c3c54)cc1. The van der Waals surface area contributed by atoms with Gasteiger partial charge >= 0.3 is 0 Å². The van der Waals surface area contributed by atoms with E-state index in [9.17, 15) is 0 Å². The number of aromatic nitrogens is 3. The Bertz CT molecular complexity index is 1370. The molecule has 0 atom stereocenters. The van der Waals surface area contributed by atoms with E-state index in [-0.39, 0.29) is 0 Å². The quantitative estimate of drug-likeness (QED) is 0.350. The third-order valence-corrected chi connectivity index (χ3v) is 5.32. The molecule has 0 radical (unpaired) electrons. The number of hydrogen-bond donors (Lipinski definition) is 2. The van der Waals surface area contributed by atoms with Crippen LogP contribution in [0.5, 0.6) is 0 Å². The number of nitrogens with zero attached hydrogens (tertiary/aromatic N) is 3. The number of anilines is 4. The van der Waals surface area contributed by atoms with Crippen LogP contribution in [0.2, 0.25) is 0 Å². The summed E-state index contributed by atoms with van der Waals surface area (Å²) in [7, 11) is 0. The molecule has 0 saturated heterocycles. The molecule has 4 aromatic carbocycles. The van der Waals surface area contributed by atoms with E-state index in [0.29, 0.717) is 0 Å². The summed E-state index contributed by atoms with van der Waals surface area (Å²) in [4.78, 5) is 14.0. The number of pyridine rings is 1. The summed E-state index contributed by atoms with van der Waals surface area (Å²) in [5, 5.41) is 11.2. The number of benzene rings is 4. The predicted molar refractivity (Wildman–Crippen MR) is 123 cm³/mol. The molecule has 30 heavy (non-hydrogen) atoms. The molecule has 0 unspecified atom stereocenters. The van der Waals surface area contributed by atoms with Crippen molar-refractivity contribution in [3.8, 4) is 0 Å². The summed E-state index contributed by atoms with van der Waals surface area (Å²) in [6, 6.07) is 28.4. The van der Waals surface area contributed by atoms with E-state index >= 15 is 0 Å². The molecule has 2 heterocycles. The molecule has 0 aliphatic carbocycles. The Morgan fingerprint density at radius 3 is 1.50 bits per heavy atom. The van der Waals surface area contributed by atoms with E-state index in [1.165, 1.54) is 0 Å². The van der Waals surface area contributed by atoms with Gasteiger partial charge in [-0.2, -0.15) is 0 Å². The van der Waals surface area contributed by atoms with Crippen LogP contribution in [0.4, 0.5) is 23.0 Å². The third kappa shape index (κ3) is 2.68. The summed E-state index contributed by atoms with van der Waals surface area (Å²) in [5.74, 6) is 1.59. The van der Waals surface area contributed by atoms with E-state index in [1.807, 2.05) is 72.8 Å². The number of rotatable bonds is 4. The monoisotopic (exact) mass is 387 g/mol. The van der Waals surface area contributed by atoms with Crippen LogP contribution < -0.4 is 10.6 Å². The summed E-state index contributed by atoms with van der Waals surface area (Å²) >= 11 is 0. The van der Waals surface area contributed by atoms with Crippen molar-refractivity contribution < 1.29 is 0 Å². The zero-order valence-electron chi connectivity index (χ0n) is 16.0. The fraction of sp³-hybridized carbons (Fsp3) is 0. The highest BCUT2D eigenvalue weighted by Crippen LogP contribution is 2.40. The van der Waals surface area contributed by atoms with Gasteiger partial charge in [-0.15, -0.1) is 0 Å². The Morgan fingerprint density at radius 1 is 0.500 bits per heavy atom. The Hall–Kier alpha value is -4.25. The van der Waals surface area contributed by atoms with E-state index in [1.54, 1.807) is 6.33 Å². The van der Waals surface area contributed by atoms with Gasteiger partial charge in [0.2, 0.25) is 0 Å². The lowest BCUT2D eigenvalue weighted by Crippen LogP contribution is -2.02. The molecule has 0 spiro atoms. The maximum absolute atomic E-state index is 4.98. The Morgan fingerprint density at radius 2 is 1.00 bits per heavy atom. The van der Waals surface area contributed by atoms with Gasteiger partial charge in [-0.25, -0.2) is 15.0 Å². The van der Waals surface area contributed by atoms with Crippen molar-refractivity contribution in [2.24, 2.45) is 0 Å². The summed E-state index contributed by atoms with van der Waals surface area (Å²) in [5.41, 5.74) is 3.84. The van der Waals surface area contributed by atoms with Crippen LogP contribution in [0.15, 0.2) is 91.3 Å². The van der Waals surface area contributed by atoms with Crippen LogP contribution in [0.3, 0.4) is 0 Å². The second-order valence-electron chi connectivity index (χ2n) is 7.18. The van der Waals surface area contributed by atoms with Gasteiger partial charge in [-0.3, -0.25) is 0 Å². The first-order valence-electron chi connectivity index (χ1n) is 9.80. The van der Waals surface area contributed by atoms with Crippen molar-refractivity contribution in [2.75, 3.05) is 10.6 Å². The van der Waals surface area contributed by atoms with E-state index < -0.39 is 0 Å². The van der Waals surface area contributed by atoms with Crippen molar-refractivity contribution in [1.82, 2.24) is 15.0 Å². The molecule has 0 aliphatic rings. The maximum Gasteiger partial charge on any atom is 0.140 e. The first-order chi connectivity index (χ1) is 14.9. The number of hydrogen-bond acceptors (Lipinski definition) is 5. The van der Waals surface area contributed by atoms with Gasteiger partial charge in [-0.05, 0) is 48.5 Å². The zero-order chi connectivity index (χ0) is 19.9. The van der Waals surface area contributed by atoms with Gasteiger partial charge in [0, 0.05) is 32.9 Å². The molecule has 142 valence electrons. The molecule has 5 heteroatoms. The smallest absolute Gasteiger partial charge is 0.140 e. The first-order valence-corrected chi connectivity index (χ1v) is 9.80. The molecular weight excluding hydrogens is 370 g/mol. The van der Waals surface area contributed by atoms with Gasteiger partial charge in [0.05, 0.1) is 11.0 Å². The molecule has 6 aromatic rings. The molecule has 0 aliphatic heterocycles. The standard InChI is InChI=1S/C25H17N5/c1-3-7-16(8-4-1)28-24-18-11-13-20-23-21(27-15-26-20)14-12-19(22(18)23)25(30-24)29-17-9-5-2-6-10-17/h1-15H,(H2,28,29,30). The Kier molecular flexibility index (Phi) is 3.71. The third-order valence-electron chi connectivity index (χ3n) is 5.32. The van der Waals surface area contributed by atoms with Crippen LogP contribution in [0.25, 0.3) is 32.6 Å². The van der Waals surface area contributed by atoms with Gasteiger partial charge < -0.3 is 10.6 Å². The molecule has 6 rings (SSSR count). The molecular formula is C25H17N5. The molecule has 0 fully saturated rings. The Balaban J connectivity index is 1.65. The van der Waals surface area contributed by atoms with Crippen LogP contribution >= 0.6 is 0 Å². The van der Waals surface area contributed by atoms with Crippen LogP contribution in [0, 0.1) is 0 Å². The van der Waals surface area contributed by atoms with Crippen molar-refractivity contribution in [1.29, 1.82) is 0 Å². The summed E-state index contributed by atoms with van der Waals surface area (Å²) in [6.07, 6.45) is 1.62. The summed E-state index contributed by atoms with van der Waals surface area (Å²) in [6.45, 7) is 0. The first kappa shape index (κ1) is 16.7. The van der Waals surface area contributed by atoms with E-state index in [4.69, 9.17) is 4.98 Å². The van der Waals surface area contributed by atoms with Crippen molar-refractivity contribution in [2.45, 2.75) is 0 Å². The van der Waals surface area contributed by atoms with Gasteiger partial charge in [0.15, 0.2) is 0 Å². The predicted octanol–water partition coefficient (Wildman–Crippen LogP) is 6.26. The topological polar surface area (TPSA) is 62.7 Å². The fourth-order valence-electron chi connectivity index (χ4n) is 3.96. The zero-order valence-corrected chi connectivity index (χ0v) is 16.0. The molecule has 0 bridgehead atoms. The fourth-order valence-corrected chi connectivity index (χ4v) is 3.96. The molecule has 5 nitrogen and oxygen atoms in total. The highest BCUT2D eigenvalue weighted by molar-refractivity contribution is 6.25. The average molecular weight is 387 g/mol. The number of para-hydroxylation sites is 2. The minimum absolute atomic E-state index is 0.797. The van der Waals surface area contributed by atoms with E-state index in [0.717, 1.165) is 55.6 Å². The minimum atomic E-state index is 0.797. The highest BCUT2D eigenvalue weighted by atomic mass is 15.1. The molecule has 0 amide bonds. The highest BCUT2D eigenvalue weighted by Gasteiger charge is 2.17. The maximum atomic E-state index is 4.98. The second-order valence-corrected chi connectivity index (χ2v) is 7.18. The summed E-state index contributed by atoms with van der Waals surface area (Å²) < 4.78 is 0. The lowest BCUT2D eigenvalue weighted by molar-refractivity contribution is 1.26. The van der Waals surface area contributed by atoms with Crippen LogP contribution in [-0.2, 0) is 0 Å². The van der Waals surface area contributed by atoms with Crippen molar-refractivity contribution >= 4 is 55.6 Å². The normalized spacial score (nSPS) is 11.3. The number of nitrogens with one attached hydrogen (secondary N) is 2.